The molecule has 19 heavy (non-hydrogen) atoms. The number of hydrogen-bond acceptors (Lipinski definition) is 2. The first-order valence-corrected chi connectivity index (χ1v) is 7.70. The summed E-state index contributed by atoms with van der Waals surface area (Å²) in [6, 6.07) is 8.28. The SMILES string of the molecule is CCCCCCCCCNCc1ccc(OC)cc1. The molecule has 2 heteroatoms. The Morgan fingerprint density at radius 1 is 0.895 bits per heavy atom. The van der Waals surface area contributed by atoms with Gasteiger partial charge in [0.2, 0.25) is 0 Å². The lowest BCUT2D eigenvalue weighted by Crippen LogP contribution is -2.14. The summed E-state index contributed by atoms with van der Waals surface area (Å²) in [6.07, 6.45) is 9.60. The molecule has 0 saturated carbocycles. The van der Waals surface area contributed by atoms with Crippen molar-refractivity contribution in [1.82, 2.24) is 5.32 Å². The van der Waals surface area contributed by atoms with E-state index in [1.165, 1.54) is 50.5 Å². The van der Waals surface area contributed by atoms with Crippen LogP contribution in [0, 0.1) is 0 Å². The van der Waals surface area contributed by atoms with Gasteiger partial charge in [-0.2, -0.15) is 0 Å². The molecule has 0 bridgehead atoms. The molecule has 1 N–H and O–H groups in total. The van der Waals surface area contributed by atoms with E-state index in [0.29, 0.717) is 0 Å². The summed E-state index contributed by atoms with van der Waals surface area (Å²) in [6.45, 7) is 4.35. The fraction of sp³-hybridized carbons (Fsp3) is 0.647. The van der Waals surface area contributed by atoms with Gasteiger partial charge < -0.3 is 10.1 Å². The second-order valence-electron chi connectivity index (χ2n) is 5.15. The van der Waals surface area contributed by atoms with Gasteiger partial charge in [0.25, 0.3) is 0 Å². The first-order chi connectivity index (χ1) is 9.36. The quantitative estimate of drug-likeness (QED) is 0.592. The number of methoxy groups -OCH3 is 1. The first-order valence-electron chi connectivity index (χ1n) is 7.70. The summed E-state index contributed by atoms with van der Waals surface area (Å²) in [4.78, 5) is 0. The molecule has 0 amide bonds. The second-order valence-corrected chi connectivity index (χ2v) is 5.15. The zero-order valence-corrected chi connectivity index (χ0v) is 12.6. The van der Waals surface area contributed by atoms with E-state index in [2.05, 4.69) is 24.4 Å². The summed E-state index contributed by atoms with van der Waals surface area (Å²) >= 11 is 0. The number of hydrogen-bond donors (Lipinski definition) is 1. The standard InChI is InChI=1S/C17H29NO/c1-3-4-5-6-7-8-9-14-18-15-16-10-12-17(19-2)13-11-16/h10-13,18H,3-9,14-15H2,1-2H3. The molecule has 0 saturated heterocycles. The van der Waals surface area contributed by atoms with Crippen LogP contribution in [0.25, 0.3) is 0 Å². The van der Waals surface area contributed by atoms with E-state index in [9.17, 15) is 0 Å². The minimum Gasteiger partial charge on any atom is -0.497 e. The van der Waals surface area contributed by atoms with Gasteiger partial charge in [0.1, 0.15) is 5.75 Å². The van der Waals surface area contributed by atoms with Gasteiger partial charge in [-0.05, 0) is 30.7 Å². The van der Waals surface area contributed by atoms with Gasteiger partial charge >= 0.3 is 0 Å². The third kappa shape index (κ3) is 7.89. The number of ether oxygens (including phenoxy) is 1. The Labute approximate surface area is 118 Å². The largest absolute Gasteiger partial charge is 0.497 e. The maximum Gasteiger partial charge on any atom is 0.118 e. The van der Waals surface area contributed by atoms with Crippen LogP contribution in [0.4, 0.5) is 0 Å². The Hall–Kier alpha value is -1.02. The molecule has 0 atom stereocenters. The van der Waals surface area contributed by atoms with Gasteiger partial charge in [-0.1, -0.05) is 57.6 Å². The van der Waals surface area contributed by atoms with Gasteiger partial charge in [-0.25, -0.2) is 0 Å². The number of rotatable bonds is 11. The van der Waals surface area contributed by atoms with Crippen molar-refractivity contribution in [2.75, 3.05) is 13.7 Å². The molecule has 0 aliphatic carbocycles. The van der Waals surface area contributed by atoms with Crippen molar-refractivity contribution in [3.05, 3.63) is 29.8 Å². The molecule has 0 aliphatic heterocycles. The lowest BCUT2D eigenvalue weighted by Gasteiger charge is -2.06. The van der Waals surface area contributed by atoms with E-state index in [0.717, 1.165) is 18.8 Å². The lowest BCUT2D eigenvalue weighted by atomic mass is 10.1. The van der Waals surface area contributed by atoms with E-state index in [1.807, 2.05) is 12.1 Å². The van der Waals surface area contributed by atoms with Crippen LogP contribution in [0.5, 0.6) is 5.75 Å². The monoisotopic (exact) mass is 263 g/mol. The second kappa shape index (κ2) is 10.9. The third-order valence-electron chi connectivity index (χ3n) is 3.45. The average Bonchev–Trinajstić information content (AvgIpc) is 2.46. The molecule has 1 aromatic rings. The topological polar surface area (TPSA) is 21.3 Å². The number of unbranched alkanes of at least 4 members (excludes halogenated alkanes) is 6. The smallest absolute Gasteiger partial charge is 0.118 e. The summed E-state index contributed by atoms with van der Waals surface area (Å²) < 4.78 is 5.15. The highest BCUT2D eigenvalue weighted by Gasteiger charge is 1.95. The van der Waals surface area contributed by atoms with E-state index < -0.39 is 0 Å². The molecule has 1 aromatic carbocycles. The van der Waals surface area contributed by atoms with E-state index in [1.54, 1.807) is 7.11 Å². The highest BCUT2D eigenvalue weighted by atomic mass is 16.5. The van der Waals surface area contributed by atoms with Crippen LogP contribution < -0.4 is 10.1 Å². The Morgan fingerprint density at radius 2 is 1.53 bits per heavy atom. The molecule has 1 rings (SSSR count). The molecule has 0 aliphatic rings. The summed E-state index contributed by atoms with van der Waals surface area (Å²) in [7, 11) is 1.70. The predicted octanol–water partition coefficient (Wildman–Crippen LogP) is 4.54. The van der Waals surface area contributed by atoms with Gasteiger partial charge in [0.05, 0.1) is 7.11 Å². The molecule has 0 heterocycles. The first kappa shape index (κ1) is 16.0. The normalized spacial score (nSPS) is 10.6. The molecule has 0 aromatic heterocycles. The zero-order valence-electron chi connectivity index (χ0n) is 12.6. The molecule has 0 unspecified atom stereocenters. The molecule has 108 valence electrons. The summed E-state index contributed by atoms with van der Waals surface area (Å²) in [5.41, 5.74) is 1.32. The van der Waals surface area contributed by atoms with Crippen molar-refractivity contribution in [3.8, 4) is 5.75 Å². The van der Waals surface area contributed by atoms with E-state index >= 15 is 0 Å². The Bertz CT molecular complexity index is 308. The fourth-order valence-electron chi connectivity index (χ4n) is 2.18. The Morgan fingerprint density at radius 3 is 2.16 bits per heavy atom. The summed E-state index contributed by atoms with van der Waals surface area (Å²) in [5.74, 6) is 0.927. The minimum atomic E-state index is 0.927. The molecule has 0 radical (unpaired) electrons. The van der Waals surface area contributed by atoms with Crippen LogP contribution in [0.15, 0.2) is 24.3 Å². The third-order valence-corrected chi connectivity index (χ3v) is 3.45. The molecule has 0 fully saturated rings. The van der Waals surface area contributed by atoms with E-state index in [4.69, 9.17) is 4.74 Å². The highest BCUT2D eigenvalue weighted by molar-refractivity contribution is 5.26. The lowest BCUT2D eigenvalue weighted by molar-refractivity contribution is 0.414. The van der Waals surface area contributed by atoms with Crippen LogP contribution >= 0.6 is 0 Å². The van der Waals surface area contributed by atoms with Gasteiger partial charge in [0.15, 0.2) is 0 Å². The number of benzene rings is 1. The van der Waals surface area contributed by atoms with Crippen molar-refractivity contribution in [2.45, 2.75) is 58.4 Å². The van der Waals surface area contributed by atoms with Gasteiger partial charge in [-0.15, -0.1) is 0 Å². The minimum absolute atomic E-state index is 0.927. The van der Waals surface area contributed by atoms with Crippen molar-refractivity contribution < 1.29 is 4.74 Å². The van der Waals surface area contributed by atoms with Crippen molar-refractivity contribution in [3.63, 3.8) is 0 Å². The van der Waals surface area contributed by atoms with Crippen LogP contribution in [-0.2, 0) is 6.54 Å². The van der Waals surface area contributed by atoms with Crippen molar-refractivity contribution in [1.29, 1.82) is 0 Å². The average molecular weight is 263 g/mol. The van der Waals surface area contributed by atoms with Gasteiger partial charge in [-0.3, -0.25) is 0 Å². The molecular formula is C17H29NO. The molecule has 2 nitrogen and oxygen atoms in total. The van der Waals surface area contributed by atoms with Crippen LogP contribution in [-0.4, -0.2) is 13.7 Å². The maximum atomic E-state index is 5.15. The predicted molar refractivity (Wildman–Crippen MR) is 82.7 cm³/mol. The Kier molecular flexibility index (Phi) is 9.17. The van der Waals surface area contributed by atoms with Crippen molar-refractivity contribution >= 4 is 0 Å². The highest BCUT2D eigenvalue weighted by Crippen LogP contribution is 2.11. The van der Waals surface area contributed by atoms with Crippen LogP contribution in [0.3, 0.4) is 0 Å². The number of nitrogens with one attached hydrogen (secondary N) is 1. The molecule has 0 spiro atoms. The maximum absolute atomic E-state index is 5.15. The zero-order chi connectivity index (χ0) is 13.8. The summed E-state index contributed by atoms with van der Waals surface area (Å²) in [5, 5.41) is 3.50. The fourth-order valence-corrected chi connectivity index (χ4v) is 2.18. The van der Waals surface area contributed by atoms with E-state index in [-0.39, 0.29) is 0 Å². The van der Waals surface area contributed by atoms with Gasteiger partial charge in [0, 0.05) is 6.54 Å². The Balaban J connectivity index is 1.95. The van der Waals surface area contributed by atoms with Crippen LogP contribution in [0.1, 0.15) is 57.4 Å². The molecular weight excluding hydrogens is 234 g/mol. The van der Waals surface area contributed by atoms with Crippen LogP contribution in [0.2, 0.25) is 0 Å². The van der Waals surface area contributed by atoms with Crippen molar-refractivity contribution in [2.24, 2.45) is 0 Å².